The summed E-state index contributed by atoms with van der Waals surface area (Å²) in [4.78, 5) is 20.3. The number of carbonyl (C=O) groups excluding carboxylic acids is 1. The molecule has 2 amide bonds. The van der Waals surface area contributed by atoms with Crippen LogP contribution in [0.5, 0.6) is 0 Å². The molecule has 0 radical (unpaired) electrons. The molecule has 0 fully saturated rings. The fourth-order valence-corrected chi connectivity index (χ4v) is 2.70. The van der Waals surface area contributed by atoms with E-state index in [0.717, 1.165) is 49.2 Å². The third-order valence-corrected chi connectivity index (χ3v) is 3.89. The Hall–Kier alpha value is -2.48. The van der Waals surface area contributed by atoms with Crippen molar-refractivity contribution in [2.24, 2.45) is 5.73 Å². The minimum absolute atomic E-state index is 0.185. The van der Waals surface area contributed by atoms with Crippen molar-refractivity contribution < 1.29 is 4.79 Å². The van der Waals surface area contributed by atoms with Crippen LogP contribution in [0.3, 0.4) is 0 Å². The van der Waals surface area contributed by atoms with Gasteiger partial charge in [-0.25, -0.2) is 9.78 Å². The molecule has 5 N–H and O–H groups in total. The van der Waals surface area contributed by atoms with Gasteiger partial charge >= 0.3 is 6.03 Å². The minimum atomic E-state index is -0.232. The predicted molar refractivity (Wildman–Crippen MR) is 86.0 cm³/mol. The number of aryl methyl sites for hydroxylation is 2. The van der Waals surface area contributed by atoms with Crippen molar-refractivity contribution in [2.45, 2.75) is 38.1 Å². The second-order valence-electron chi connectivity index (χ2n) is 5.75. The number of nitrogens with zero attached hydrogens (tertiary/aromatic N) is 3. The summed E-state index contributed by atoms with van der Waals surface area (Å²) in [6.07, 6.45) is 7.41. The summed E-state index contributed by atoms with van der Waals surface area (Å²) in [6.45, 7) is 0.565. The number of nitrogens with one attached hydrogen (secondary N) is 3. The van der Waals surface area contributed by atoms with E-state index >= 15 is 0 Å². The minimum Gasteiger partial charge on any atom is -0.338 e. The van der Waals surface area contributed by atoms with Gasteiger partial charge < -0.3 is 16.4 Å². The van der Waals surface area contributed by atoms with Crippen molar-refractivity contribution in [1.29, 1.82) is 0 Å². The number of anilines is 1. The summed E-state index contributed by atoms with van der Waals surface area (Å²) in [5.74, 6) is 0.822. The third-order valence-electron chi connectivity index (χ3n) is 3.89. The third kappa shape index (κ3) is 4.26. The number of fused-ring (bicyclic) bond motifs is 1. The number of aromatic amines is 1. The van der Waals surface area contributed by atoms with Gasteiger partial charge in [0.15, 0.2) is 0 Å². The Balaban J connectivity index is 1.45. The molecule has 0 bridgehead atoms. The average Bonchev–Trinajstić information content (AvgIpc) is 3.04. The summed E-state index contributed by atoms with van der Waals surface area (Å²) in [5, 5.41) is 12.2. The molecule has 0 aliphatic heterocycles. The average molecular weight is 315 g/mol. The Bertz CT molecular complexity index is 656. The second kappa shape index (κ2) is 7.19. The lowest BCUT2D eigenvalue weighted by Gasteiger charge is -2.21. The van der Waals surface area contributed by atoms with Crippen LogP contribution < -0.4 is 16.4 Å². The van der Waals surface area contributed by atoms with Gasteiger partial charge in [-0.3, -0.25) is 10.1 Å². The number of nitrogens with two attached hydrogens (primary N) is 1. The predicted octanol–water partition coefficient (Wildman–Crippen LogP) is 0.770. The molecule has 8 heteroatoms. The van der Waals surface area contributed by atoms with Gasteiger partial charge in [-0.2, -0.15) is 5.10 Å². The maximum absolute atomic E-state index is 11.9. The Labute approximate surface area is 134 Å². The first-order chi connectivity index (χ1) is 11.2. The molecule has 1 aliphatic carbocycles. The summed E-state index contributed by atoms with van der Waals surface area (Å²) in [5.41, 5.74) is 8.90. The van der Waals surface area contributed by atoms with Gasteiger partial charge in [-0.15, -0.1) is 0 Å². The number of H-pyrrole nitrogens is 1. The van der Waals surface area contributed by atoms with Gasteiger partial charge in [0.25, 0.3) is 0 Å². The van der Waals surface area contributed by atoms with E-state index in [9.17, 15) is 4.79 Å². The highest BCUT2D eigenvalue weighted by atomic mass is 16.2. The van der Waals surface area contributed by atoms with Crippen molar-refractivity contribution >= 4 is 11.7 Å². The monoisotopic (exact) mass is 315 g/mol. The largest absolute Gasteiger partial charge is 0.338 e. The number of carbonyl (C=O) groups is 1. The van der Waals surface area contributed by atoms with Crippen LogP contribution in [0, 0.1) is 0 Å². The molecule has 0 aromatic carbocycles. The second-order valence-corrected chi connectivity index (χ2v) is 5.75. The van der Waals surface area contributed by atoms with E-state index in [1.165, 1.54) is 6.33 Å². The molecule has 1 unspecified atom stereocenters. The molecule has 2 heterocycles. The van der Waals surface area contributed by atoms with Crippen molar-refractivity contribution in [3.63, 3.8) is 0 Å². The first kappa shape index (κ1) is 15.4. The molecule has 0 saturated carbocycles. The fraction of sp³-hybridized carbons (Fsp3) is 0.467. The van der Waals surface area contributed by atoms with Crippen molar-refractivity contribution in [3.8, 4) is 0 Å². The van der Waals surface area contributed by atoms with Crippen molar-refractivity contribution in [1.82, 2.24) is 25.5 Å². The van der Waals surface area contributed by atoms with Crippen LogP contribution in [0.2, 0.25) is 0 Å². The number of hydrogen-bond acceptors (Lipinski definition) is 5. The number of rotatable bonds is 5. The molecule has 1 atom stereocenters. The van der Waals surface area contributed by atoms with Gasteiger partial charge in [0.2, 0.25) is 0 Å². The van der Waals surface area contributed by atoms with Gasteiger partial charge in [-0.05, 0) is 37.3 Å². The molecule has 3 rings (SSSR count). The molecule has 8 nitrogen and oxygen atoms in total. The van der Waals surface area contributed by atoms with Crippen LogP contribution in [0.4, 0.5) is 10.5 Å². The van der Waals surface area contributed by atoms with Crippen molar-refractivity contribution in [3.05, 3.63) is 35.7 Å². The lowest BCUT2D eigenvalue weighted by atomic mass is 9.92. The molecule has 0 saturated heterocycles. The Kier molecular flexibility index (Phi) is 4.82. The number of hydrogen-bond donors (Lipinski definition) is 4. The summed E-state index contributed by atoms with van der Waals surface area (Å²) in [6, 6.07) is 1.92. The zero-order chi connectivity index (χ0) is 16.1. The van der Waals surface area contributed by atoms with E-state index in [2.05, 4.69) is 30.8 Å². The zero-order valence-electron chi connectivity index (χ0n) is 12.9. The smallest absolute Gasteiger partial charge is 0.319 e. The molecule has 23 heavy (non-hydrogen) atoms. The summed E-state index contributed by atoms with van der Waals surface area (Å²) in [7, 11) is 0. The summed E-state index contributed by atoms with van der Waals surface area (Å²) >= 11 is 0. The topological polar surface area (TPSA) is 122 Å². The van der Waals surface area contributed by atoms with Crippen LogP contribution in [-0.2, 0) is 19.3 Å². The zero-order valence-corrected chi connectivity index (χ0v) is 12.9. The fourth-order valence-electron chi connectivity index (χ4n) is 2.70. The van der Waals surface area contributed by atoms with E-state index in [1.807, 2.05) is 6.07 Å². The molecular formula is C15H21N7O. The van der Waals surface area contributed by atoms with E-state index in [4.69, 9.17) is 5.73 Å². The molecule has 122 valence electrons. The highest BCUT2D eigenvalue weighted by Gasteiger charge is 2.17. The van der Waals surface area contributed by atoms with E-state index in [0.29, 0.717) is 12.2 Å². The number of urea groups is 1. The van der Waals surface area contributed by atoms with Crippen LogP contribution in [0.1, 0.15) is 29.9 Å². The van der Waals surface area contributed by atoms with Crippen LogP contribution in [0.15, 0.2) is 18.6 Å². The number of aromatic nitrogens is 4. The SMILES string of the molecule is NC1CCc2ncc(NC(=O)NCCCc3ncn[nH]3)cc2C1. The standard InChI is InChI=1S/C15H21N7O/c16-11-3-4-13-10(6-11)7-12(8-18-13)21-15(23)17-5-1-2-14-19-9-20-22-14/h7-9,11H,1-6,16H2,(H2,17,21,23)(H,19,20,22). The Morgan fingerprint density at radius 2 is 2.35 bits per heavy atom. The van der Waals surface area contributed by atoms with Crippen molar-refractivity contribution in [2.75, 3.05) is 11.9 Å². The molecular weight excluding hydrogens is 294 g/mol. The first-order valence-electron chi connectivity index (χ1n) is 7.83. The van der Waals surface area contributed by atoms with Gasteiger partial charge in [0.1, 0.15) is 12.2 Å². The summed E-state index contributed by atoms with van der Waals surface area (Å²) < 4.78 is 0. The van der Waals surface area contributed by atoms with E-state index < -0.39 is 0 Å². The Morgan fingerprint density at radius 1 is 1.43 bits per heavy atom. The number of pyridine rings is 1. The van der Waals surface area contributed by atoms with Crippen LogP contribution in [0.25, 0.3) is 0 Å². The highest BCUT2D eigenvalue weighted by Crippen LogP contribution is 2.21. The van der Waals surface area contributed by atoms with E-state index in [-0.39, 0.29) is 12.1 Å². The normalized spacial score (nSPS) is 16.7. The molecule has 2 aromatic heterocycles. The lowest BCUT2D eigenvalue weighted by Crippen LogP contribution is -2.31. The van der Waals surface area contributed by atoms with E-state index in [1.54, 1.807) is 6.20 Å². The van der Waals surface area contributed by atoms with Crippen LogP contribution in [-0.4, -0.2) is 38.8 Å². The van der Waals surface area contributed by atoms with Gasteiger partial charge in [0.05, 0.1) is 11.9 Å². The quantitative estimate of drug-likeness (QED) is 0.607. The lowest BCUT2D eigenvalue weighted by molar-refractivity contribution is 0.252. The number of amides is 2. The highest BCUT2D eigenvalue weighted by molar-refractivity contribution is 5.89. The molecule has 1 aliphatic rings. The van der Waals surface area contributed by atoms with Gasteiger partial charge in [0, 0.05) is 24.7 Å². The molecule has 2 aromatic rings. The maximum Gasteiger partial charge on any atom is 0.319 e. The Morgan fingerprint density at radius 3 is 3.17 bits per heavy atom. The van der Waals surface area contributed by atoms with Crippen LogP contribution >= 0.6 is 0 Å². The van der Waals surface area contributed by atoms with Gasteiger partial charge in [-0.1, -0.05) is 0 Å². The first-order valence-corrected chi connectivity index (χ1v) is 7.83. The molecule has 0 spiro atoms. The maximum atomic E-state index is 11.9.